The summed E-state index contributed by atoms with van der Waals surface area (Å²) in [7, 11) is 0. The molecule has 0 saturated carbocycles. The Morgan fingerprint density at radius 1 is 0.743 bits per heavy atom. The molecule has 6 N–H and O–H groups in total. The molecule has 1 rings (SSSR count). The zero-order chi connectivity index (χ0) is 26.7. The number of nitrogens with two attached hydrogens (primary N) is 1. The molecule has 4 unspecified atom stereocenters. The first kappa shape index (κ1) is 30.1. The van der Waals surface area contributed by atoms with Crippen LogP contribution in [-0.4, -0.2) is 53.0 Å². The van der Waals surface area contributed by atoms with Crippen molar-refractivity contribution in [2.45, 2.75) is 85.0 Å². The third-order valence-corrected chi connectivity index (χ3v) is 5.60. The van der Waals surface area contributed by atoms with Crippen molar-refractivity contribution in [3.63, 3.8) is 0 Å². The number of carboxylic acids is 1. The molecule has 0 radical (unpaired) electrons. The van der Waals surface area contributed by atoms with Gasteiger partial charge in [0.2, 0.25) is 17.7 Å². The van der Waals surface area contributed by atoms with E-state index in [1.54, 1.807) is 24.3 Å². The SMILES string of the molecule is CC(C)CC(NC(=O)C(CC(C)C)NC(=O)C(N)C(C)C)C(=O)NC(Cc1ccccc1)C(=O)O. The average Bonchev–Trinajstić information content (AvgIpc) is 2.76. The maximum absolute atomic E-state index is 13.2. The van der Waals surface area contributed by atoms with E-state index in [0.717, 1.165) is 5.56 Å². The van der Waals surface area contributed by atoms with Crippen molar-refractivity contribution >= 4 is 23.7 Å². The molecule has 0 aliphatic carbocycles. The Kier molecular flexibility index (Phi) is 12.4. The number of hydrogen-bond donors (Lipinski definition) is 5. The van der Waals surface area contributed by atoms with E-state index in [9.17, 15) is 24.3 Å². The molecule has 1 aromatic rings. The van der Waals surface area contributed by atoms with Crippen molar-refractivity contribution in [2.24, 2.45) is 23.5 Å². The van der Waals surface area contributed by atoms with Crippen molar-refractivity contribution in [3.05, 3.63) is 35.9 Å². The monoisotopic (exact) mass is 490 g/mol. The Labute approximate surface area is 208 Å². The molecule has 0 aliphatic heterocycles. The highest BCUT2D eigenvalue weighted by atomic mass is 16.4. The van der Waals surface area contributed by atoms with E-state index in [1.807, 2.05) is 47.6 Å². The molecule has 0 fully saturated rings. The summed E-state index contributed by atoms with van der Waals surface area (Å²) >= 11 is 0. The van der Waals surface area contributed by atoms with Crippen molar-refractivity contribution in [2.75, 3.05) is 0 Å². The number of carbonyl (C=O) groups excluding carboxylic acids is 3. The quantitative estimate of drug-likeness (QED) is 0.268. The molecule has 0 heterocycles. The molecule has 3 amide bonds. The van der Waals surface area contributed by atoms with Crippen LogP contribution in [0.3, 0.4) is 0 Å². The van der Waals surface area contributed by atoms with E-state index in [1.165, 1.54) is 0 Å². The summed E-state index contributed by atoms with van der Waals surface area (Å²) in [5.74, 6) is -2.63. The third kappa shape index (κ3) is 10.9. The molecule has 0 spiro atoms. The fourth-order valence-electron chi connectivity index (χ4n) is 3.57. The second kappa shape index (κ2) is 14.5. The number of rotatable bonds is 14. The van der Waals surface area contributed by atoms with Gasteiger partial charge in [-0.25, -0.2) is 4.79 Å². The topological polar surface area (TPSA) is 151 Å². The molecule has 9 heteroatoms. The van der Waals surface area contributed by atoms with Crippen molar-refractivity contribution < 1.29 is 24.3 Å². The van der Waals surface area contributed by atoms with Gasteiger partial charge in [0, 0.05) is 6.42 Å². The highest BCUT2D eigenvalue weighted by Crippen LogP contribution is 2.11. The van der Waals surface area contributed by atoms with Gasteiger partial charge in [-0.2, -0.15) is 0 Å². The summed E-state index contributed by atoms with van der Waals surface area (Å²) in [4.78, 5) is 50.6. The van der Waals surface area contributed by atoms with Gasteiger partial charge in [0.25, 0.3) is 0 Å². The number of nitrogens with one attached hydrogen (secondary N) is 3. The molecule has 196 valence electrons. The van der Waals surface area contributed by atoms with Crippen LogP contribution in [0.1, 0.15) is 59.9 Å². The van der Waals surface area contributed by atoms with Gasteiger partial charge in [0.1, 0.15) is 18.1 Å². The predicted molar refractivity (Wildman–Crippen MR) is 135 cm³/mol. The second-order valence-electron chi connectivity index (χ2n) is 10.2. The van der Waals surface area contributed by atoms with E-state index in [2.05, 4.69) is 16.0 Å². The third-order valence-electron chi connectivity index (χ3n) is 5.60. The van der Waals surface area contributed by atoms with E-state index in [4.69, 9.17) is 5.73 Å². The summed E-state index contributed by atoms with van der Waals surface area (Å²) in [6, 6.07) is 5.27. The molecule has 0 aliphatic rings. The molecule has 1 aromatic carbocycles. The lowest BCUT2D eigenvalue weighted by atomic mass is 9.98. The predicted octanol–water partition coefficient (Wildman–Crippen LogP) is 1.84. The van der Waals surface area contributed by atoms with Crippen LogP contribution < -0.4 is 21.7 Å². The lowest BCUT2D eigenvalue weighted by Gasteiger charge is -2.27. The van der Waals surface area contributed by atoms with Crippen LogP contribution in [0.5, 0.6) is 0 Å². The Morgan fingerprint density at radius 2 is 1.17 bits per heavy atom. The van der Waals surface area contributed by atoms with Crippen LogP contribution in [0.4, 0.5) is 0 Å². The molecular weight excluding hydrogens is 448 g/mol. The second-order valence-corrected chi connectivity index (χ2v) is 10.2. The molecule has 0 bridgehead atoms. The first-order valence-corrected chi connectivity index (χ1v) is 12.2. The molecule has 0 saturated heterocycles. The molecular formula is C26H42N4O5. The van der Waals surface area contributed by atoms with Gasteiger partial charge in [-0.1, -0.05) is 71.9 Å². The minimum absolute atomic E-state index is 0.0518. The summed E-state index contributed by atoms with van der Waals surface area (Å²) in [5.41, 5.74) is 6.71. The van der Waals surface area contributed by atoms with Crippen LogP contribution in [-0.2, 0) is 25.6 Å². The van der Waals surface area contributed by atoms with E-state index in [-0.39, 0.29) is 24.2 Å². The summed E-state index contributed by atoms with van der Waals surface area (Å²) < 4.78 is 0. The number of carbonyl (C=O) groups is 4. The van der Waals surface area contributed by atoms with E-state index in [0.29, 0.717) is 12.8 Å². The van der Waals surface area contributed by atoms with Crippen LogP contribution in [0.25, 0.3) is 0 Å². The van der Waals surface area contributed by atoms with Crippen molar-refractivity contribution in [1.82, 2.24) is 16.0 Å². The molecule has 0 aromatic heterocycles. The largest absolute Gasteiger partial charge is 0.480 e. The van der Waals surface area contributed by atoms with Gasteiger partial charge < -0.3 is 26.8 Å². The van der Waals surface area contributed by atoms with Gasteiger partial charge in [-0.3, -0.25) is 14.4 Å². The fraction of sp³-hybridized carbons (Fsp3) is 0.615. The zero-order valence-electron chi connectivity index (χ0n) is 21.7. The minimum atomic E-state index is -1.16. The van der Waals surface area contributed by atoms with Gasteiger partial charge in [0.05, 0.1) is 6.04 Å². The highest BCUT2D eigenvalue weighted by Gasteiger charge is 2.31. The fourth-order valence-corrected chi connectivity index (χ4v) is 3.57. The van der Waals surface area contributed by atoms with Crippen LogP contribution >= 0.6 is 0 Å². The molecule has 35 heavy (non-hydrogen) atoms. The Hall–Kier alpha value is -2.94. The van der Waals surface area contributed by atoms with Gasteiger partial charge in [0.15, 0.2) is 0 Å². The molecule has 9 nitrogen and oxygen atoms in total. The van der Waals surface area contributed by atoms with Crippen molar-refractivity contribution in [1.29, 1.82) is 0 Å². The number of hydrogen-bond acceptors (Lipinski definition) is 5. The number of amides is 3. The van der Waals surface area contributed by atoms with Crippen LogP contribution in [0.15, 0.2) is 30.3 Å². The Balaban J connectivity index is 3.01. The van der Waals surface area contributed by atoms with Gasteiger partial charge >= 0.3 is 5.97 Å². The minimum Gasteiger partial charge on any atom is -0.480 e. The van der Waals surface area contributed by atoms with Crippen molar-refractivity contribution in [3.8, 4) is 0 Å². The maximum atomic E-state index is 13.2. The zero-order valence-corrected chi connectivity index (χ0v) is 21.7. The lowest BCUT2D eigenvalue weighted by molar-refractivity contribution is -0.142. The van der Waals surface area contributed by atoms with E-state index >= 15 is 0 Å². The number of carboxylic acid groups (broad SMARTS) is 1. The first-order chi connectivity index (χ1) is 16.3. The normalized spacial score (nSPS) is 14.8. The van der Waals surface area contributed by atoms with Crippen LogP contribution in [0, 0.1) is 17.8 Å². The van der Waals surface area contributed by atoms with Crippen LogP contribution in [0.2, 0.25) is 0 Å². The number of benzene rings is 1. The maximum Gasteiger partial charge on any atom is 0.326 e. The summed E-state index contributed by atoms with van der Waals surface area (Å²) in [5, 5.41) is 17.7. The molecule has 4 atom stereocenters. The standard InChI is InChI=1S/C26H42N4O5/c1-15(2)12-19(24(32)30-21(26(34)35)14-18-10-8-7-9-11-18)28-23(31)20(13-16(3)4)29-25(33)22(27)17(5)6/h7-11,15-17,19-22H,12-14,27H2,1-6H3,(H,28,31)(H,29,33)(H,30,32)(H,34,35). The highest BCUT2D eigenvalue weighted by molar-refractivity contribution is 5.94. The smallest absolute Gasteiger partial charge is 0.326 e. The number of aliphatic carboxylic acids is 1. The van der Waals surface area contributed by atoms with Gasteiger partial charge in [-0.05, 0) is 36.2 Å². The summed E-state index contributed by atoms with van der Waals surface area (Å²) in [6.07, 6.45) is 0.788. The Morgan fingerprint density at radius 3 is 1.57 bits per heavy atom. The Bertz CT molecular complexity index is 841. The lowest BCUT2D eigenvalue weighted by Crippen LogP contribution is -2.58. The van der Waals surface area contributed by atoms with E-state index < -0.39 is 47.9 Å². The van der Waals surface area contributed by atoms with Gasteiger partial charge in [-0.15, -0.1) is 0 Å². The average molecular weight is 491 g/mol. The summed E-state index contributed by atoms with van der Waals surface area (Å²) in [6.45, 7) is 11.3. The first-order valence-electron chi connectivity index (χ1n) is 12.2.